The van der Waals surface area contributed by atoms with E-state index in [1.165, 1.54) is 28.9 Å². The molecule has 7 nitrogen and oxygen atoms in total. The highest BCUT2D eigenvalue weighted by molar-refractivity contribution is 5.78. The van der Waals surface area contributed by atoms with Gasteiger partial charge in [0.1, 0.15) is 18.2 Å². The molecule has 0 atom stereocenters. The Bertz CT molecular complexity index is 1330. The molecule has 1 aliphatic rings. The van der Waals surface area contributed by atoms with Crippen molar-refractivity contribution in [2.24, 2.45) is 0 Å². The van der Waals surface area contributed by atoms with Crippen LogP contribution in [0.3, 0.4) is 0 Å². The van der Waals surface area contributed by atoms with Gasteiger partial charge in [-0.1, -0.05) is 6.08 Å². The topological polar surface area (TPSA) is 76.8 Å². The lowest BCUT2D eigenvalue weighted by molar-refractivity contribution is -0.131. The summed E-state index contributed by atoms with van der Waals surface area (Å²) in [5, 5.41) is 4.51. The Morgan fingerprint density at radius 3 is 2.15 bits per heavy atom. The fourth-order valence-electron chi connectivity index (χ4n) is 3.78. The molecular weight excluding hydrogens is 438 g/mol. The molecule has 0 radical (unpaired) electrons. The van der Waals surface area contributed by atoms with Crippen molar-refractivity contribution in [3.05, 3.63) is 90.5 Å². The van der Waals surface area contributed by atoms with Crippen molar-refractivity contribution in [1.29, 1.82) is 0 Å². The molecule has 0 bridgehead atoms. The Morgan fingerprint density at radius 2 is 1.53 bits per heavy atom. The number of benzene rings is 2. The quantitative estimate of drug-likeness (QED) is 0.452. The minimum Gasteiger partial charge on any atom is -0.337 e. The lowest BCUT2D eigenvalue weighted by Crippen LogP contribution is -2.37. The molecule has 5 rings (SSSR count). The van der Waals surface area contributed by atoms with Crippen LogP contribution in [0.25, 0.3) is 28.3 Å². The Morgan fingerprint density at radius 1 is 0.882 bits per heavy atom. The minimum atomic E-state index is -0.372. The first kappa shape index (κ1) is 21.6. The lowest BCUT2D eigenvalue weighted by atomic mass is 10.1. The van der Waals surface area contributed by atoms with Gasteiger partial charge in [0.2, 0.25) is 5.91 Å². The maximum atomic E-state index is 13.5. The molecule has 0 saturated carbocycles. The number of hydrogen-bond acceptors (Lipinski definition) is 5. The van der Waals surface area contributed by atoms with Gasteiger partial charge in [-0.15, -0.1) is 5.10 Å². The van der Waals surface area contributed by atoms with Crippen LogP contribution in [-0.2, 0) is 11.3 Å². The van der Waals surface area contributed by atoms with Crippen molar-refractivity contribution in [2.45, 2.75) is 13.0 Å². The van der Waals surface area contributed by atoms with Crippen molar-refractivity contribution in [2.75, 3.05) is 13.1 Å². The third-order valence-corrected chi connectivity index (χ3v) is 5.58. The van der Waals surface area contributed by atoms with E-state index in [1.54, 1.807) is 47.6 Å². The van der Waals surface area contributed by atoms with Crippen LogP contribution >= 0.6 is 0 Å². The largest absolute Gasteiger partial charge is 0.337 e. The van der Waals surface area contributed by atoms with Gasteiger partial charge in [-0.25, -0.2) is 28.4 Å². The molecule has 3 heterocycles. The molecule has 0 fully saturated rings. The molecule has 0 aliphatic carbocycles. The predicted molar refractivity (Wildman–Crippen MR) is 122 cm³/mol. The molecule has 4 aromatic rings. The van der Waals surface area contributed by atoms with Gasteiger partial charge in [0.15, 0.2) is 17.5 Å². The summed E-state index contributed by atoms with van der Waals surface area (Å²) >= 11 is 0. The molecular formula is C25H20F2N6O. The number of carbonyl (C=O) groups excluding carboxylic acids is 1. The second-order valence-corrected chi connectivity index (χ2v) is 7.82. The predicted octanol–water partition coefficient (Wildman–Crippen LogP) is 4.00. The summed E-state index contributed by atoms with van der Waals surface area (Å²) in [6, 6.07) is 13.4. The first-order valence-corrected chi connectivity index (χ1v) is 10.8. The number of carbonyl (C=O) groups is 1. The maximum absolute atomic E-state index is 13.5. The molecule has 1 aliphatic heterocycles. The van der Waals surface area contributed by atoms with Gasteiger partial charge in [-0.3, -0.25) is 4.79 Å². The van der Waals surface area contributed by atoms with Crippen LogP contribution in [0, 0.1) is 11.6 Å². The van der Waals surface area contributed by atoms with Crippen LogP contribution in [0.5, 0.6) is 0 Å². The van der Waals surface area contributed by atoms with Gasteiger partial charge >= 0.3 is 0 Å². The van der Waals surface area contributed by atoms with Gasteiger partial charge in [0, 0.05) is 36.6 Å². The molecule has 0 spiro atoms. The van der Waals surface area contributed by atoms with Gasteiger partial charge < -0.3 is 4.90 Å². The second-order valence-electron chi connectivity index (χ2n) is 7.82. The van der Waals surface area contributed by atoms with Crippen molar-refractivity contribution >= 4 is 11.5 Å². The number of halogens is 2. The summed E-state index contributed by atoms with van der Waals surface area (Å²) in [6.07, 6.45) is 6.00. The fourth-order valence-corrected chi connectivity index (χ4v) is 3.78. The Labute approximate surface area is 194 Å². The summed E-state index contributed by atoms with van der Waals surface area (Å²) in [5.41, 5.74) is 2.25. The van der Waals surface area contributed by atoms with Gasteiger partial charge in [0.25, 0.3) is 0 Å². The highest BCUT2D eigenvalue weighted by atomic mass is 19.1. The van der Waals surface area contributed by atoms with Crippen LogP contribution in [0.2, 0.25) is 0 Å². The summed E-state index contributed by atoms with van der Waals surface area (Å²) in [6.45, 7) is 0.943. The Hall–Kier alpha value is -4.27. The second kappa shape index (κ2) is 9.30. The highest BCUT2D eigenvalue weighted by Crippen LogP contribution is 2.24. The number of nitrogens with zero attached hydrogens (tertiary/aromatic N) is 6. The molecule has 0 saturated heterocycles. The van der Waals surface area contributed by atoms with Crippen LogP contribution in [-0.4, -0.2) is 48.6 Å². The van der Waals surface area contributed by atoms with Gasteiger partial charge in [0.05, 0.1) is 0 Å². The van der Waals surface area contributed by atoms with Crippen LogP contribution in [0.4, 0.5) is 8.78 Å². The number of aromatic nitrogens is 5. The summed E-state index contributed by atoms with van der Waals surface area (Å²) in [5.74, 6) is 0.600. The van der Waals surface area contributed by atoms with E-state index < -0.39 is 0 Å². The molecule has 0 N–H and O–H groups in total. The molecule has 2 aromatic carbocycles. The molecule has 2 aromatic heterocycles. The molecule has 34 heavy (non-hydrogen) atoms. The minimum absolute atomic E-state index is 0.0358. The molecule has 1 amide bonds. The van der Waals surface area contributed by atoms with E-state index >= 15 is 0 Å². The summed E-state index contributed by atoms with van der Waals surface area (Å²) < 4.78 is 28.3. The monoisotopic (exact) mass is 458 g/mol. The number of rotatable bonds is 5. The third kappa shape index (κ3) is 4.59. The Kier molecular flexibility index (Phi) is 5.90. The normalized spacial score (nSPS) is 13.6. The van der Waals surface area contributed by atoms with Crippen molar-refractivity contribution in [1.82, 2.24) is 29.6 Å². The van der Waals surface area contributed by atoms with E-state index in [2.05, 4.69) is 20.1 Å². The average molecular weight is 458 g/mol. The smallest absolute Gasteiger partial charge is 0.244 e. The van der Waals surface area contributed by atoms with E-state index in [4.69, 9.17) is 0 Å². The van der Waals surface area contributed by atoms with E-state index in [9.17, 15) is 13.6 Å². The first-order valence-electron chi connectivity index (χ1n) is 10.8. The zero-order valence-corrected chi connectivity index (χ0v) is 18.1. The van der Waals surface area contributed by atoms with E-state index in [0.717, 1.165) is 5.57 Å². The van der Waals surface area contributed by atoms with Crippen LogP contribution in [0.1, 0.15) is 12.2 Å². The average Bonchev–Trinajstić information content (AvgIpc) is 3.29. The molecule has 170 valence electrons. The fraction of sp³-hybridized carbons (Fsp3) is 0.160. The lowest BCUT2D eigenvalue weighted by Gasteiger charge is -2.26. The maximum Gasteiger partial charge on any atom is 0.244 e. The first-order chi connectivity index (χ1) is 16.6. The summed E-state index contributed by atoms with van der Waals surface area (Å²) in [4.78, 5) is 28.0. The van der Waals surface area contributed by atoms with Crippen molar-refractivity contribution < 1.29 is 13.6 Å². The Balaban J connectivity index is 1.40. The van der Waals surface area contributed by atoms with E-state index in [0.29, 0.717) is 48.1 Å². The number of hydrogen-bond donors (Lipinski definition) is 0. The number of amides is 1. The standard InChI is InChI=1S/C25H20F2N6O/c26-20-6-2-17(3-7-20)24-30-25(19-4-8-21(27)9-5-19)33(31-24)16-22(34)32-14-10-18(11-15-32)23-28-12-1-13-29-23/h1-10,12-13H,11,14-16H2. The van der Waals surface area contributed by atoms with Crippen molar-refractivity contribution in [3.8, 4) is 22.8 Å². The van der Waals surface area contributed by atoms with E-state index in [-0.39, 0.29) is 24.1 Å². The van der Waals surface area contributed by atoms with Crippen LogP contribution in [0.15, 0.2) is 73.1 Å². The highest BCUT2D eigenvalue weighted by Gasteiger charge is 2.22. The zero-order valence-electron chi connectivity index (χ0n) is 18.1. The third-order valence-electron chi connectivity index (χ3n) is 5.58. The molecule has 9 heteroatoms. The van der Waals surface area contributed by atoms with E-state index in [1.807, 2.05) is 6.08 Å². The zero-order chi connectivity index (χ0) is 23.5. The molecule has 0 unspecified atom stereocenters. The van der Waals surface area contributed by atoms with Crippen LogP contribution < -0.4 is 0 Å². The summed E-state index contributed by atoms with van der Waals surface area (Å²) in [7, 11) is 0. The van der Waals surface area contributed by atoms with Gasteiger partial charge in [-0.2, -0.15) is 0 Å². The van der Waals surface area contributed by atoms with Crippen molar-refractivity contribution in [3.63, 3.8) is 0 Å². The van der Waals surface area contributed by atoms with Gasteiger partial charge in [-0.05, 0) is 66.6 Å². The SMILES string of the molecule is O=C(Cn1nc(-c2ccc(F)cc2)nc1-c1ccc(F)cc1)N1CC=C(c2ncccn2)CC1.